The molecule has 5 aromatic rings. The average Bonchev–Trinajstić information content (AvgIpc) is 3.43. The van der Waals surface area contributed by atoms with Gasteiger partial charge in [0.2, 0.25) is 0 Å². The van der Waals surface area contributed by atoms with Gasteiger partial charge in [-0.25, -0.2) is 15.0 Å². The van der Waals surface area contributed by atoms with Crippen molar-refractivity contribution < 1.29 is 4.79 Å². The van der Waals surface area contributed by atoms with Gasteiger partial charge in [0.05, 0.1) is 5.69 Å². The molecule has 0 fully saturated rings. The van der Waals surface area contributed by atoms with Gasteiger partial charge in [-0.05, 0) is 23.3 Å². The Balaban J connectivity index is 1.28. The maximum Gasteiger partial charge on any atom is 0.274 e. The monoisotopic (exact) mass is 439 g/mol. The van der Waals surface area contributed by atoms with Crippen molar-refractivity contribution in [2.75, 3.05) is 5.73 Å². The van der Waals surface area contributed by atoms with Gasteiger partial charge in [0.15, 0.2) is 22.7 Å². The molecule has 3 heterocycles. The maximum absolute atomic E-state index is 12.8. The summed E-state index contributed by atoms with van der Waals surface area (Å²) in [4.78, 5) is 25.3. The van der Waals surface area contributed by atoms with Gasteiger partial charge >= 0.3 is 0 Å². The Bertz CT molecular complexity index is 1420. The SMILES string of the molecule is Cn1nnc(C(=O)NCc2ccc(-n3cnc4c(N)ncnc43)cc2)c1Cc1ccccc1. The van der Waals surface area contributed by atoms with E-state index in [2.05, 4.69) is 30.6 Å². The van der Waals surface area contributed by atoms with E-state index in [-0.39, 0.29) is 5.91 Å². The smallest absolute Gasteiger partial charge is 0.274 e. The van der Waals surface area contributed by atoms with Crippen LogP contribution in [0.15, 0.2) is 67.3 Å². The molecule has 1 amide bonds. The number of carbonyl (C=O) groups excluding carboxylic acids is 1. The molecule has 0 bridgehead atoms. The summed E-state index contributed by atoms with van der Waals surface area (Å²) in [7, 11) is 1.79. The van der Waals surface area contributed by atoms with Crippen LogP contribution in [0.4, 0.5) is 5.82 Å². The first-order chi connectivity index (χ1) is 16.1. The predicted molar refractivity (Wildman–Crippen MR) is 122 cm³/mol. The van der Waals surface area contributed by atoms with Gasteiger partial charge in [0.25, 0.3) is 5.91 Å². The molecule has 10 heteroatoms. The van der Waals surface area contributed by atoms with Crippen LogP contribution in [0.3, 0.4) is 0 Å². The second-order valence-electron chi connectivity index (χ2n) is 7.57. The number of aryl methyl sites for hydroxylation is 1. The minimum absolute atomic E-state index is 0.258. The zero-order valence-electron chi connectivity index (χ0n) is 17.9. The molecule has 5 rings (SSSR count). The summed E-state index contributed by atoms with van der Waals surface area (Å²) in [5.74, 6) is 0.0830. The van der Waals surface area contributed by atoms with E-state index < -0.39 is 0 Å². The summed E-state index contributed by atoms with van der Waals surface area (Å²) < 4.78 is 3.48. The molecule has 0 atom stereocenters. The highest BCUT2D eigenvalue weighted by Gasteiger charge is 2.18. The van der Waals surface area contributed by atoms with E-state index in [0.717, 1.165) is 22.5 Å². The first-order valence-corrected chi connectivity index (χ1v) is 10.3. The van der Waals surface area contributed by atoms with E-state index >= 15 is 0 Å². The molecule has 0 radical (unpaired) electrons. The van der Waals surface area contributed by atoms with Gasteiger partial charge in [-0.15, -0.1) is 5.10 Å². The van der Waals surface area contributed by atoms with Gasteiger partial charge in [0.1, 0.15) is 12.7 Å². The number of aromatic nitrogens is 7. The minimum atomic E-state index is -0.258. The van der Waals surface area contributed by atoms with Crippen LogP contribution in [0.1, 0.15) is 27.3 Å². The summed E-state index contributed by atoms with van der Waals surface area (Å²) in [6, 6.07) is 17.7. The number of imidazole rings is 1. The molecule has 0 spiro atoms. The molecular weight excluding hydrogens is 418 g/mol. The summed E-state index contributed by atoms with van der Waals surface area (Å²) in [6.45, 7) is 0.361. The zero-order chi connectivity index (χ0) is 22.8. The Morgan fingerprint density at radius 1 is 1.00 bits per heavy atom. The van der Waals surface area contributed by atoms with E-state index in [0.29, 0.717) is 35.6 Å². The lowest BCUT2D eigenvalue weighted by Crippen LogP contribution is -2.24. The number of nitrogens with one attached hydrogen (secondary N) is 1. The van der Waals surface area contributed by atoms with Crippen molar-refractivity contribution in [3.05, 3.63) is 89.8 Å². The van der Waals surface area contributed by atoms with E-state index in [1.807, 2.05) is 59.2 Å². The van der Waals surface area contributed by atoms with Crippen LogP contribution in [0, 0.1) is 0 Å². The number of fused-ring (bicyclic) bond motifs is 1. The van der Waals surface area contributed by atoms with Crippen LogP contribution < -0.4 is 11.1 Å². The molecule has 33 heavy (non-hydrogen) atoms. The molecule has 0 aliphatic heterocycles. The van der Waals surface area contributed by atoms with Crippen LogP contribution in [-0.2, 0) is 20.0 Å². The first kappa shape index (κ1) is 20.3. The van der Waals surface area contributed by atoms with Crippen molar-refractivity contribution in [2.24, 2.45) is 7.05 Å². The number of hydrogen-bond donors (Lipinski definition) is 2. The van der Waals surface area contributed by atoms with Gasteiger partial charge in [0, 0.05) is 25.7 Å². The molecular formula is C23H21N9O. The van der Waals surface area contributed by atoms with E-state index in [1.165, 1.54) is 6.33 Å². The molecule has 3 aromatic heterocycles. The van der Waals surface area contributed by atoms with Crippen molar-refractivity contribution in [3.8, 4) is 5.69 Å². The van der Waals surface area contributed by atoms with Crippen molar-refractivity contribution >= 4 is 22.9 Å². The average molecular weight is 439 g/mol. The number of amides is 1. The summed E-state index contributed by atoms with van der Waals surface area (Å²) in [5.41, 5.74) is 11.1. The molecule has 3 N–H and O–H groups in total. The third-order valence-electron chi connectivity index (χ3n) is 5.40. The molecule has 10 nitrogen and oxygen atoms in total. The number of nitrogens with two attached hydrogens (primary N) is 1. The van der Waals surface area contributed by atoms with Crippen molar-refractivity contribution in [2.45, 2.75) is 13.0 Å². The lowest BCUT2D eigenvalue weighted by atomic mass is 10.1. The zero-order valence-corrected chi connectivity index (χ0v) is 17.9. The van der Waals surface area contributed by atoms with Crippen LogP contribution in [0.25, 0.3) is 16.9 Å². The lowest BCUT2D eigenvalue weighted by molar-refractivity contribution is 0.0945. The fourth-order valence-corrected chi connectivity index (χ4v) is 3.62. The summed E-state index contributed by atoms with van der Waals surface area (Å²) in [5, 5.41) is 11.0. The topological polar surface area (TPSA) is 129 Å². The number of carbonyl (C=O) groups is 1. The number of rotatable bonds is 6. The summed E-state index contributed by atoms with van der Waals surface area (Å²) >= 11 is 0. The Morgan fingerprint density at radius 2 is 1.79 bits per heavy atom. The number of benzene rings is 2. The van der Waals surface area contributed by atoms with Crippen molar-refractivity contribution in [3.63, 3.8) is 0 Å². The fraction of sp³-hybridized carbons (Fsp3) is 0.130. The van der Waals surface area contributed by atoms with Gasteiger partial charge in [-0.2, -0.15) is 0 Å². The lowest BCUT2D eigenvalue weighted by Gasteiger charge is -2.08. The highest BCUT2D eigenvalue weighted by atomic mass is 16.2. The standard InChI is InChI=1S/C23H21N9O/c1-31-18(11-15-5-3-2-4-6-15)19(29-30-31)23(33)25-12-16-7-9-17(10-8-16)32-14-28-20-21(24)26-13-27-22(20)32/h2-10,13-14H,11-12H2,1H3,(H,25,33)(H2,24,26,27). The largest absolute Gasteiger partial charge is 0.382 e. The van der Waals surface area contributed by atoms with Crippen LogP contribution in [0.5, 0.6) is 0 Å². The summed E-state index contributed by atoms with van der Waals surface area (Å²) in [6.07, 6.45) is 3.65. The number of anilines is 1. The van der Waals surface area contributed by atoms with Crippen LogP contribution in [-0.4, -0.2) is 40.4 Å². The Hall–Kier alpha value is -4.60. The maximum atomic E-state index is 12.8. The van der Waals surface area contributed by atoms with E-state index in [4.69, 9.17) is 5.73 Å². The second-order valence-corrected chi connectivity index (χ2v) is 7.57. The Kier molecular flexibility index (Phi) is 5.23. The van der Waals surface area contributed by atoms with Crippen molar-refractivity contribution in [1.82, 2.24) is 39.8 Å². The number of hydrogen-bond acceptors (Lipinski definition) is 7. The Morgan fingerprint density at radius 3 is 2.58 bits per heavy atom. The van der Waals surface area contributed by atoms with E-state index in [1.54, 1.807) is 18.1 Å². The fourth-order valence-electron chi connectivity index (χ4n) is 3.62. The van der Waals surface area contributed by atoms with Gasteiger partial charge < -0.3 is 11.1 Å². The van der Waals surface area contributed by atoms with E-state index in [9.17, 15) is 4.79 Å². The molecule has 0 saturated carbocycles. The van der Waals surface area contributed by atoms with Crippen molar-refractivity contribution in [1.29, 1.82) is 0 Å². The first-order valence-electron chi connectivity index (χ1n) is 10.3. The number of nitrogens with zero attached hydrogens (tertiary/aromatic N) is 7. The third-order valence-corrected chi connectivity index (χ3v) is 5.40. The quantitative estimate of drug-likeness (QED) is 0.414. The molecule has 164 valence electrons. The highest BCUT2D eigenvalue weighted by Crippen LogP contribution is 2.19. The van der Waals surface area contributed by atoms with Gasteiger partial charge in [-0.1, -0.05) is 47.7 Å². The van der Waals surface area contributed by atoms with Crippen LogP contribution >= 0.6 is 0 Å². The molecule has 2 aromatic carbocycles. The molecule has 0 saturated heterocycles. The highest BCUT2D eigenvalue weighted by molar-refractivity contribution is 5.93. The third kappa shape index (κ3) is 4.01. The predicted octanol–water partition coefficient (Wildman–Crippen LogP) is 2.05. The molecule has 0 aliphatic rings. The number of nitrogen functional groups attached to an aromatic ring is 1. The Labute approximate surface area is 189 Å². The molecule has 0 unspecified atom stereocenters. The second kappa shape index (κ2) is 8.50. The normalized spacial score (nSPS) is 11.1. The minimum Gasteiger partial charge on any atom is -0.382 e. The molecule has 0 aliphatic carbocycles. The van der Waals surface area contributed by atoms with Crippen LogP contribution in [0.2, 0.25) is 0 Å². The van der Waals surface area contributed by atoms with Gasteiger partial charge in [-0.3, -0.25) is 14.0 Å².